The van der Waals surface area contributed by atoms with Crippen molar-refractivity contribution >= 4 is 29.8 Å². The van der Waals surface area contributed by atoms with Crippen LogP contribution < -0.4 is 10.6 Å². The summed E-state index contributed by atoms with van der Waals surface area (Å²) >= 11 is 0. The minimum absolute atomic E-state index is 0.00979. The quantitative estimate of drug-likeness (QED) is 0.118. The molecule has 6 atom stereocenters. The number of carbonyl (C=O) groups excluding carboxylic acids is 4. The number of rotatable bonds is 18. The second-order valence-corrected chi connectivity index (χ2v) is 14.1. The van der Waals surface area contributed by atoms with Crippen molar-refractivity contribution < 1.29 is 43.3 Å². The van der Waals surface area contributed by atoms with Gasteiger partial charge in [-0.3, -0.25) is 24.0 Å². The van der Waals surface area contributed by atoms with E-state index in [1.807, 2.05) is 24.3 Å². The van der Waals surface area contributed by atoms with Crippen molar-refractivity contribution in [2.24, 2.45) is 5.41 Å². The molecule has 1 aliphatic carbocycles. The van der Waals surface area contributed by atoms with Crippen molar-refractivity contribution in [2.45, 2.75) is 121 Å². The first-order valence-corrected chi connectivity index (χ1v) is 18.2. The second kappa shape index (κ2) is 16.8. The molecule has 4 aliphatic rings. The van der Waals surface area contributed by atoms with Gasteiger partial charge < -0.3 is 34.9 Å². The van der Waals surface area contributed by atoms with Gasteiger partial charge in [-0.1, -0.05) is 63.8 Å². The number of benzene rings is 1. The number of unbranched alkanes of at least 4 members (excludes halogenated alkanes) is 4. The van der Waals surface area contributed by atoms with Crippen molar-refractivity contribution in [2.75, 3.05) is 33.8 Å². The average molecular weight is 699 g/mol. The Labute approximate surface area is 294 Å². The van der Waals surface area contributed by atoms with Crippen molar-refractivity contribution in [3.8, 4) is 0 Å². The summed E-state index contributed by atoms with van der Waals surface area (Å²) in [5, 5.41) is 16.1. The molecule has 2 bridgehead atoms. The number of nitrogens with one attached hydrogen (secondary N) is 2. The first-order chi connectivity index (χ1) is 24.1. The van der Waals surface area contributed by atoms with Gasteiger partial charge in [0.15, 0.2) is 11.8 Å². The molecular weight excluding hydrogens is 644 g/mol. The van der Waals surface area contributed by atoms with Gasteiger partial charge in [0.25, 0.3) is 0 Å². The number of aliphatic hydroxyl groups is 1. The molecule has 5 rings (SSSR count). The lowest BCUT2D eigenvalue weighted by Crippen LogP contribution is -2.69. The van der Waals surface area contributed by atoms with Crippen molar-refractivity contribution in [3.05, 3.63) is 41.5 Å². The van der Waals surface area contributed by atoms with Crippen LogP contribution in [0.5, 0.6) is 0 Å². The fourth-order valence-electron chi connectivity index (χ4n) is 7.73. The number of likely N-dealkylation sites (N-methyl/N-ethyl adjacent to an activating group) is 1. The maximum Gasteiger partial charge on any atom is 0.327 e. The Balaban J connectivity index is 1.45. The molecule has 3 saturated heterocycles. The number of nitrogens with zero attached hydrogens (tertiary/aromatic N) is 2. The van der Waals surface area contributed by atoms with Crippen molar-refractivity contribution in [3.63, 3.8) is 0 Å². The Bertz CT molecular complexity index is 1390. The monoisotopic (exact) mass is 698 g/mol. The van der Waals surface area contributed by atoms with E-state index in [1.165, 1.54) is 11.0 Å². The van der Waals surface area contributed by atoms with Crippen LogP contribution in [0.25, 0.3) is 6.08 Å². The van der Waals surface area contributed by atoms with Crippen LogP contribution >= 0.6 is 0 Å². The fourth-order valence-corrected chi connectivity index (χ4v) is 7.73. The molecule has 13 nitrogen and oxygen atoms in total. The lowest BCUT2D eigenvalue weighted by molar-refractivity contribution is -0.224. The third kappa shape index (κ3) is 8.07. The summed E-state index contributed by atoms with van der Waals surface area (Å²) < 4.78 is 19.8. The van der Waals surface area contributed by atoms with Crippen LogP contribution in [0, 0.1) is 5.41 Å². The first-order valence-electron chi connectivity index (χ1n) is 18.2. The number of hydrogen-bond donors (Lipinski definition) is 3. The molecule has 0 unspecified atom stereocenters. The summed E-state index contributed by atoms with van der Waals surface area (Å²) in [6.45, 7) is 4.45. The van der Waals surface area contributed by atoms with Gasteiger partial charge in [-0.15, -0.1) is 0 Å². The van der Waals surface area contributed by atoms with Gasteiger partial charge in [0.2, 0.25) is 17.7 Å². The van der Waals surface area contributed by atoms with Crippen LogP contribution in [-0.2, 0) is 44.8 Å². The Hall–Kier alpha value is -3.36. The van der Waals surface area contributed by atoms with Gasteiger partial charge in [0, 0.05) is 58.9 Å². The van der Waals surface area contributed by atoms with E-state index in [-0.39, 0.29) is 50.9 Å². The summed E-state index contributed by atoms with van der Waals surface area (Å²) in [7, 11) is 3.37. The van der Waals surface area contributed by atoms with Crippen molar-refractivity contribution in [1.29, 1.82) is 0 Å². The molecule has 1 aromatic rings. The summed E-state index contributed by atoms with van der Waals surface area (Å²) in [5.41, 5.74) is 0.247. The standard InChI is InChI=1S/C37H54N4O9/c1-5-7-9-17-36(18-10-8-6-2)48-30-27-23-37(35(46)39-19-16-28(43)38-20-21-42)32(34(45)47-27)41(50-33(37)31(30)49-36)24-26-13-11-12-25(22-26)14-15-29(44)40(3)4/h11-15,22,27,30-33,42H,5-10,16-21,23-24H2,1-4H3,(H,38,43)(H,39,46)/t27-,30+,31+,32+,33-,37+/m1/s1. The Morgan fingerprint density at radius 1 is 1.02 bits per heavy atom. The fraction of sp³-hybridized carbons (Fsp3) is 0.676. The van der Waals surface area contributed by atoms with Gasteiger partial charge in [0.05, 0.1) is 13.2 Å². The highest BCUT2D eigenvalue weighted by atomic mass is 16.8. The Kier molecular flexibility index (Phi) is 12.7. The summed E-state index contributed by atoms with van der Waals surface area (Å²) in [6, 6.07) is 6.48. The van der Waals surface area contributed by atoms with Gasteiger partial charge >= 0.3 is 5.97 Å². The minimum Gasteiger partial charge on any atom is -0.458 e. The number of carbonyl (C=O) groups is 4. The van der Waals surface area contributed by atoms with E-state index in [0.29, 0.717) is 12.8 Å². The van der Waals surface area contributed by atoms with E-state index >= 15 is 0 Å². The number of hydroxylamine groups is 2. The highest BCUT2D eigenvalue weighted by Crippen LogP contribution is 2.58. The van der Waals surface area contributed by atoms with E-state index in [9.17, 15) is 19.2 Å². The van der Waals surface area contributed by atoms with Crippen LogP contribution in [0.3, 0.4) is 0 Å². The average Bonchev–Trinajstić information content (AvgIpc) is 3.65. The highest BCUT2D eigenvalue weighted by molar-refractivity contribution is 5.94. The van der Waals surface area contributed by atoms with E-state index in [4.69, 9.17) is 24.2 Å². The number of aliphatic hydroxyl groups excluding tert-OH is 1. The lowest BCUT2D eigenvalue weighted by Gasteiger charge is -2.48. The third-order valence-corrected chi connectivity index (χ3v) is 10.2. The summed E-state index contributed by atoms with van der Waals surface area (Å²) in [6.07, 6.45) is 7.98. The van der Waals surface area contributed by atoms with E-state index in [0.717, 1.165) is 49.7 Å². The zero-order chi connectivity index (χ0) is 35.9. The molecule has 3 heterocycles. The highest BCUT2D eigenvalue weighted by Gasteiger charge is 2.76. The zero-order valence-corrected chi connectivity index (χ0v) is 29.9. The molecule has 0 radical (unpaired) electrons. The largest absolute Gasteiger partial charge is 0.458 e. The topological polar surface area (TPSA) is 156 Å². The van der Waals surface area contributed by atoms with Gasteiger partial charge in [-0.2, -0.15) is 5.06 Å². The van der Waals surface area contributed by atoms with E-state index in [1.54, 1.807) is 25.2 Å². The molecule has 4 fully saturated rings. The molecule has 1 saturated carbocycles. The molecule has 3 N–H and O–H groups in total. The third-order valence-electron chi connectivity index (χ3n) is 10.2. The summed E-state index contributed by atoms with van der Waals surface area (Å²) in [5.74, 6) is -2.29. The molecule has 0 aromatic heterocycles. The zero-order valence-electron chi connectivity index (χ0n) is 29.9. The SMILES string of the molecule is CCCCCC1(CCCCC)O[C@@H]2[C@H](O1)[C@H]1ON(Cc3cccc(C=CC(=O)N(C)C)c3)[C@H]3C(=O)O[C@@H]2C[C@@]13C(=O)NCCC(=O)NCCO. The molecule has 13 heteroatoms. The maximum atomic E-state index is 14.4. The normalized spacial score (nSPS) is 27.9. The number of ether oxygens (including phenoxy) is 3. The maximum absolute atomic E-state index is 14.4. The summed E-state index contributed by atoms with van der Waals surface area (Å²) in [4.78, 5) is 61.0. The van der Waals surface area contributed by atoms with Crippen LogP contribution in [0.4, 0.5) is 0 Å². The van der Waals surface area contributed by atoms with Crippen LogP contribution in [0.1, 0.15) is 89.2 Å². The van der Waals surface area contributed by atoms with E-state index in [2.05, 4.69) is 24.5 Å². The van der Waals surface area contributed by atoms with Crippen molar-refractivity contribution in [1.82, 2.24) is 20.6 Å². The van der Waals surface area contributed by atoms with Gasteiger partial charge in [-0.05, 0) is 30.0 Å². The molecule has 276 valence electrons. The number of hydrogen-bond acceptors (Lipinski definition) is 10. The predicted octanol–water partition coefficient (Wildman–Crippen LogP) is 2.84. The minimum atomic E-state index is -1.36. The number of amides is 3. The first kappa shape index (κ1) is 37.9. The second-order valence-electron chi connectivity index (χ2n) is 14.1. The molecule has 1 aromatic carbocycles. The molecular formula is C37H54N4O9. The van der Waals surface area contributed by atoms with Gasteiger partial charge in [-0.25, -0.2) is 0 Å². The smallest absolute Gasteiger partial charge is 0.327 e. The number of esters is 1. The lowest BCUT2D eigenvalue weighted by atomic mass is 9.62. The van der Waals surface area contributed by atoms with Gasteiger partial charge in [0.1, 0.15) is 29.8 Å². The molecule has 3 amide bonds. The molecule has 3 aliphatic heterocycles. The number of fused-ring (bicyclic) bond motifs is 4. The van der Waals surface area contributed by atoms with Crippen LogP contribution in [0.15, 0.2) is 30.3 Å². The Morgan fingerprint density at radius 3 is 2.42 bits per heavy atom. The van der Waals surface area contributed by atoms with E-state index < -0.39 is 53.5 Å². The predicted molar refractivity (Wildman–Crippen MR) is 184 cm³/mol. The Morgan fingerprint density at radius 2 is 1.74 bits per heavy atom. The van der Waals surface area contributed by atoms with Crippen LogP contribution in [0.2, 0.25) is 0 Å². The molecule has 0 spiro atoms. The van der Waals surface area contributed by atoms with Crippen LogP contribution in [-0.4, -0.2) is 109 Å². The molecule has 50 heavy (non-hydrogen) atoms.